The normalized spacial score (nSPS) is 16.3. The Morgan fingerprint density at radius 2 is 2.06 bits per heavy atom. The van der Waals surface area contributed by atoms with Crippen LogP contribution in [-0.2, 0) is 9.47 Å². The van der Waals surface area contributed by atoms with E-state index in [-0.39, 0.29) is 22.9 Å². The van der Waals surface area contributed by atoms with Gasteiger partial charge in [0.15, 0.2) is 5.65 Å². The molecule has 3 aromatic rings. The molecule has 0 radical (unpaired) electrons. The third kappa shape index (κ3) is 5.09. The van der Waals surface area contributed by atoms with Gasteiger partial charge in [0.1, 0.15) is 28.6 Å². The van der Waals surface area contributed by atoms with Crippen LogP contribution in [0, 0.1) is 0 Å². The standard InChI is InChI=1S/C23H28N6O5/c1-23(2,3)34-22(32)28(4)19-11-18(27-20-15(21(30)31)12-24-29(19)20)26-17-9-5-8-16(25-17)14-7-6-10-33-13-14/h5,8-9,11-12,14H,6-7,10,13H2,1-4H3,(H,30,31)(H,25,26,27)/t14-/m0/s1. The molecule has 34 heavy (non-hydrogen) atoms. The molecule has 11 heteroatoms. The summed E-state index contributed by atoms with van der Waals surface area (Å²) in [5, 5.41) is 16.8. The fourth-order valence-corrected chi connectivity index (χ4v) is 3.68. The summed E-state index contributed by atoms with van der Waals surface area (Å²) in [6, 6.07) is 7.24. The Bertz CT molecular complexity index is 1210. The van der Waals surface area contributed by atoms with Crippen LogP contribution in [0.3, 0.4) is 0 Å². The number of amides is 1. The Hall–Kier alpha value is -3.73. The van der Waals surface area contributed by atoms with Crippen molar-refractivity contribution in [3.05, 3.63) is 41.7 Å². The van der Waals surface area contributed by atoms with Gasteiger partial charge in [0.2, 0.25) is 0 Å². The summed E-state index contributed by atoms with van der Waals surface area (Å²) in [6.45, 7) is 6.69. The van der Waals surface area contributed by atoms with E-state index in [0.717, 1.165) is 25.1 Å². The molecule has 1 fully saturated rings. The number of nitrogens with one attached hydrogen (secondary N) is 1. The number of carboxylic acid groups (broad SMARTS) is 1. The lowest BCUT2D eigenvalue weighted by Gasteiger charge is -2.25. The molecule has 0 unspecified atom stereocenters. The second kappa shape index (κ2) is 9.26. The highest BCUT2D eigenvalue weighted by Crippen LogP contribution is 2.27. The fourth-order valence-electron chi connectivity index (χ4n) is 3.68. The molecule has 0 spiro atoms. The highest BCUT2D eigenvalue weighted by molar-refractivity contribution is 5.95. The Labute approximate surface area is 196 Å². The topological polar surface area (TPSA) is 131 Å². The minimum atomic E-state index is -1.18. The Morgan fingerprint density at radius 3 is 2.74 bits per heavy atom. The number of carbonyl (C=O) groups is 2. The van der Waals surface area contributed by atoms with Crippen LogP contribution < -0.4 is 10.2 Å². The monoisotopic (exact) mass is 468 g/mol. The molecule has 2 N–H and O–H groups in total. The van der Waals surface area contributed by atoms with Crippen molar-refractivity contribution in [1.82, 2.24) is 19.6 Å². The van der Waals surface area contributed by atoms with E-state index in [9.17, 15) is 14.7 Å². The van der Waals surface area contributed by atoms with E-state index in [4.69, 9.17) is 14.5 Å². The van der Waals surface area contributed by atoms with Gasteiger partial charge >= 0.3 is 12.1 Å². The van der Waals surface area contributed by atoms with Crippen LogP contribution >= 0.6 is 0 Å². The Morgan fingerprint density at radius 1 is 1.26 bits per heavy atom. The predicted molar refractivity (Wildman–Crippen MR) is 125 cm³/mol. The highest BCUT2D eigenvalue weighted by Gasteiger charge is 2.25. The van der Waals surface area contributed by atoms with Gasteiger partial charge in [-0.15, -0.1) is 0 Å². The third-order valence-electron chi connectivity index (χ3n) is 5.30. The SMILES string of the molecule is CN(C(=O)OC(C)(C)C)c1cc(Nc2cccc([C@H]3CCCOC3)n2)nc2c(C(=O)O)cnn12. The molecule has 11 nitrogen and oxygen atoms in total. The number of pyridine rings is 1. The number of hydrogen-bond acceptors (Lipinski definition) is 8. The number of hydrogen-bond donors (Lipinski definition) is 2. The zero-order valence-corrected chi connectivity index (χ0v) is 19.6. The van der Waals surface area contributed by atoms with Crippen LogP contribution in [-0.4, -0.2) is 62.6 Å². The number of anilines is 3. The molecule has 1 amide bonds. The molecule has 3 aromatic heterocycles. The number of carbonyl (C=O) groups excluding carboxylic acids is 1. The average Bonchev–Trinajstić information content (AvgIpc) is 3.22. The number of ether oxygens (including phenoxy) is 2. The first-order chi connectivity index (χ1) is 16.1. The first-order valence-corrected chi connectivity index (χ1v) is 11.0. The maximum absolute atomic E-state index is 12.7. The smallest absolute Gasteiger partial charge is 0.415 e. The van der Waals surface area contributed by atoms with Crippen LogP contribution in [0.2, 0.25) is 0 Å². The number of aromatic nitrogens is 4. The second-order valence-corrected chi connectivity index (χ2v) is 9.12. The van der Waals surface area contributed by atoms with Crippen molar-refractivity contribution >= 4 is 35.2 Å². The first kappa shape index (κ1) is 23.4. The van der Waals surface area contributed by atoms with E-state index in [1.54, 1.807) is 32.9 Å². The number of carboxylic acids is 1. The van der Waals surface area contributed by atoms with E-state index in [1.807, 2.05) is 12.1 Å². The van der Waals surface area contributed by atoms with E-state index in [0.29, 0.717) is 18.2 Å². The van der Waals surface area contributed by atoms with Gasteiger partial charge in [-0.3, -0.25) is 4.90 Å². The molecule has 1 aliphatic rings. The summed E-state index contributed by atoms with van der Waals surface area (Å²) in [7, 11) is 1.52. The highest BCUT2D eigenvalue weighted by atomic mass is 16.6. The average molecular weight is 469 g/mol. The van der Waals surface area contributed by atoms with Gasteiger partial charge < -0.3 is 19.9 Å². The van der Waals surface area contributed by atoms with Gasteiger partial charge in [-0.05, 0) is 45.7 Å². The summed E-state index contributed by atoms with van der Waals surface area (Å²) < 4.78 is 12.3. The number of nitrogens with zero attached hydrogens (tertiary/aromatic N) is 5. The van der Waals surface area contributed by atoms with Gasteiger partial charge in [0.05, 0.1) is 12.8 Å². The van der Waals surface area contributed by atoms with Crippen molar-refractivity contribution in [2.24, 2.45) is 0 Å². The lowest BCUT2D eigenvalue weighted by Crippen LogP contribution is -2.35. The summed E-state index contributed by atoms with van der Waals surface area (Å²) in [4.78, 5) is 34.8. The minimum absolute atomic E-state index is 0.0831. The van der Waals surface area contributed by atoms with Crippen LogP contribution in [0.4, 0.5) is 22.2 Å². The lowest BCUT2D eigenvalue weighted by molar-refractivity contribution is 0.0587. The quantitative estimate of drug-likeness (QED) is 0.573. The second-order valence-electron chi connectivity index (χ2n) is 9.12. The third-order valence-corrected chi connectivity index (χ3v) is 5.30. The van der Waals surface area contributed by atoms with E-state index >= 15 is 0 Å². The van der Waals surface area contributed by atoms with Gasteiger partial charge in [-0.1, -0.05) is 6.07 Å². The first-order valence-electron chi connectivity index (χ1n) is 11.0. The van der Waals surface area contributed by atoms with Crippen molar-refractivity contribution < 1.29 is 24.2 Å². The maximum Gasteiger partial charge on any atom is 0.415 e. The van der Waals surface area contributed by atoms with Crippen molar-refractivity contribution in [1.29, 1.82) is 0 Å². The van der Waals surface area contributed by atoms with Crippen molar-refractivity contribution in [3.8, 4) is 0 Å². The van der Waals surface area contributed by atoms with E-state index in [2.05, 4.69) is 15.4 Å². The summed E-state index contributed by atoms with van der Waals surface area (Å²) in [5.74, 6) is 0.176. The summed E-state index contributed by atoms with van der Waals surface area (Å²) in [6.07, 6.45) is 2.57. The Kier molecular flexibility index (Phi) is 6.38. The molecule has 1 aliphatic heterocycles. The zero-order valence-electron chi connectivity index (χ0n) is 19.6. The number of rotatable bonds is 5. The molecule has 0 aliphatic carbocycles. The molecule has 0 bridgehead atoms. The summed E-state index contributed by atoms with van der Waals surface area (Å²) >= 11 is 0. The van der Waals surface area contributed by atoms with Gasteiger partial charge in [0, 0.05) is 31.3 Å². The lowest BCUT2D eigenvalue weighted by atomic mass is 9.98. The van der Waals surface area contributed by atoms with Crippen molar-refractivity contribution in [2.75, 3.05) is 30.5 Å². The predicted octanol–water partition coefficient (Wildman–Crippen LogP) is 3.83. The number of aromatic carboxylic acids is 1. The molecule has 0 saturated carbocycles. The van der Waals surface area contributed by atoms with Crippen LogP contribution in [0.1, 0.15) is 55.6 Å². The molecular weight excluding hydrogens is 440 g/mol. The molecule has 180 valence electrons. The molecule has 1 saturated heterocycles. The van der Waals surface area contributed by atoms with Gasteiger partial charge in [0.25, 0.3) is 0 Å². The fraction of sp³-hybridized carbons (Fsp3) is 0.435. The maximum atomic E-state index is 12.7. The molecule has 1 atom stereocenters. The van der Waals surface area contributed by atoms with E-state index in [1.165, 1.54) is 22.7 Å². The zero-order chi connectivity index (χ0) is 24.5. The minimum Gasteiger partial charge on any atom is -0.477 e. The van der Waals surface area contributed by atoms with Gasteiger partial charge in [-0.2, -0.15) is 9.61 Å². The largest absolute Gasteiger partial charge is 0.477 e. The molecule has 4 rings (SSSR count). The van der Waals surface area contributed by atoms with Crippen LogP contribution in [0.15, 0.2) is 30.5 Å². The van der Waals surface area contributed by atoms with Crippen molar-refractivity contribution in [2.45, 2.75) is 45.1 Å². The number of fused-ring (bicyclic) bond motifs is 1. The Balaban J connectivity index is 1.71. The molecular formula is C23H28N6O5. The molecule has 0 aromatic carbocycles. The van der Waals surface area contributed by atoms with Crippen molar-refractivity contribution in [3.63, 3.8) is 0 Å². The van der Waals surface area contributed by atoms with E-state index < -0.39 is 17.7 Å². The molecule has 4 heterocycles. The van der Waals surface area contributed by atoms with Gasteiger partial charge in [-0.25, -0.2) is 19.6 Å². The van der Waals surface area contributed by atoms with Crippen LogP contribution in [0.25, 0.3) is 5.65 Å². The van der Waals surface area contributed by atoms with Crippen LogP contribution in [0.5, 0.6) is 0 Å². The summed E-state index contributed by atoms with van der Waals surface area (Å²) in [5.41, 5.74) is 0.193.